The van der Waals surface area contributed by atoms with Gasteiger partial charge in [-0.25, -0.2) is 0 Å². The predicted molar refractivity (Wildman–Crippen MR) is 36.5 cm³/mol. The molecule has 44 valence electrons. The van der Waals surface area contributed by atoms with Crippen LogP contribution in [0.25, 0.3) is 0 Å². The summed E-state index contributed by atoms with van der Waals surface area (Å²) in [5.41, 5.74) is 1.38. The Hall–Kier alpha value is -0.260. The molecule has 7 heavy (non-hydrogen) atoms. The van der Waals surface area contributed by atoms with Gasteiger partial charge >= 0.3 is 0 Å². The largest absolute Gasteiger partial charge is 0.0890 e. The number of hydrogen-bond donors (Lipinski definition) is 0. The quantitative estimate of drug-likeness (QED) is 0.410. The van der Waals surface area contributed by atoms with Crippen molar-refractivity contribution in [1.29, 1.82) is 0 Å². The van der Waals surface area contributed by atoms with E-state index in [1.807, 2.05) is 20.8 Å². The van der Waals surface area contributed by atoms with Gasteiger partial charge in [0.05, 0.1) is 0 Å². The minimum atomic E-state index is 1.38. The third-order valence-corrected chi connectivity index (χ3v) is 0.577. The zero-order valence-electron chi connectivity index (χ0n) is 6.08. The van der Waals surface area contributed by atoms with Crippen LogP contribution in [0.3, 0.4) is 0 Å². The summed E-state index contributed by atoms with van der Waals surface area (Å²) < 4.78 is 0. The lowest BCUT2D eigenvalue weighted by molar-refractivity contribution is 1.36. The minimum absolute atomic E-state index is 1.38. The molecule has 0 N–H and O–H groups in total. The molecule has 0 aliphatic carbocycles. The van der Waals surface area contributed by atoms with E-state index in [1.165, 1.54) is 5.57 Å². The third-order valence-electron chi connectivity index (χ3n) is 0.577. The van der Waals surface area contributed by atoms with Crippen molar-refractivity contribution in [3.63, 3.8) is 0 Å². The van der Waals surface area contributed by atoms with Gasteiger partial charge in [0, 0.05) is 0 Å². The van der Waals surface area contributed by atoms with Crippen molar-refractivity contribution in [2.45, 2.75) is 34.6 Å². The molecule has 0 saturated heterocycles. The van der Waals surface area contributed by atoms with Crippen LogP contribution in [0.15, 0.2) is 11.6 Å². The summed E-state index contributed by atoms with van der Waals surface area (Å²) in [5, 5.41) is 0. The van der Waals surface area contributed by atoms with Gasteiger partial charge in [-0.05, 0) is 20.8 Å². The molecular formula is C7H16. The molecular weight excluding hydrogens is 84.1 g/mol. The Morgan fingerprint density at radius 2 is 1.29 bits per heavy atom. The van der Waals surface area contributed by atoms with Crippen molar-refractivity contribution in [1.82, 2.24) is 0 Å². The first-order chi connectivity index (χ1) is 3.27. The smallest absolute Gasteiger partial charge is 0.0442 e. The molecule has 0 unspecified atom stereocenters. The van der Waals surface area contributed by atoms with Gasteiger partial charge in [0.15, 0.2) is 0 Å². The fourth-order valence-electron chi connectivity index (χ4n) is 0. The number of hydrogen-bond acceptors (Lipinski definition) is 0. The standard InChI is InChI=1S/C5H10.C2H6/c1-4-5(2)3;1-2/h4H,1-3H3;1-2H3. The van der Waals surface area contributed by atoms with E-state index >= 15 is 0 Å². The second-order valence-electron chi connectivity index (χ2n) is 1.37. The van der Waals surface area contributed by atoms with Crippen molar-refractivity contribution in [2.24, 2.45) is 0 Å². The molecule has 0 bridgehead atoms. The maximum atomic E-state index is 2.08. The number of allylic oxidation sites excluding steroid dienone is 2. The first-order valence-electron chi connectivity index (χ1n) is 2.87. The maximum Gasteiger partial charge on any atom is -0.0442 e. The van der Waals surface area contributed by atoms with Crippen molar-refractivity contribution >= 4 is 0 Å². The van der Waals surface area contributed by atoms with Gasteiger partial charge < -0.3 is 0 Å². The predicted octanol–water partition coefficient (Wildman–Crippen LogP) is 3.00. The Bertz CT molecular complexity index is 38.0. The molecule has 0 heteroatoms. The normalized spacial score (nSPS) is 5.86. The molecule has 0 aliphatic rings. The van der Waals surface area contributed by atoms with Crippen molar-refractivity contribution in [3.05, 3.63) is 11.6 Å². The van der Waals surface area contributed by atoms with Gasteiger partial charge in [0.1, 0.15) is 0 Å². The van der Waals surface area contributed by atoms with Gasteiger partial charge in [-0.2, -0.15) is 0 Å². The van der Waals surface area contributed by atoms with Crippen LogP contribution >= 0.6 is 0 Å². The first-order valence-corrected chi connectivity index (χ1v) is 2.87. The average Bonchev–Trinajstić information content (AvgIpc) is 1.73. The molecule has 0 amide bonds. The lowest BCUT2D eigenvalue weighted by Gasteiger charge is -1.74. The lowest BCUT2D eigenvalue weighted by Crippen LogP contribution is -1.52. The van der Waals surface area contributed by atoms with E-state index in [1.54, 1.807) is 0 Å². The van der Waals surface area contributed by atoms with E-state index in [0.717, 1.165) is 0 Å². The highest BCUT2D eigenvalue weighted by atomic mass is 13.7. The van der Waals surface area contributed by atoms with E-state index in [9.17, 15) is 0 Å². The molecule has 0 fully saturated rings. The highest BCUT2D eigenvalue weighted by Gasteiger charge is 1.60. The van der Waals surface area contributed by atoms with Gasteiger partial charge in [0.25, 0.3) is 0 Å². The van der Waals surface area contributed by atoms with Crippen LogP contribution in [0.1, 0.15) is 34.6 Å². The molecule has 0 heterocycles. The van der Waals surface area contributed by atoms with Gasteiger partial charge in [-0.1, -0.05) is 25.5 Å². The Balaban J connectivity index is 0. The summed E-state index contributed by atoms with van der Waals surface area (Å²) in [7, 11) is 0. The molecule has 0 aromatic heterocycles. The molecule has 0 nitrogen and oxygen atoms in total. The van der Waals surface area contributed by atoms with Crippen LogP contribution in [0.5, 0.6) is 0 Å². The van der Waals surface area contributed by atoms with Gasteiger partial charge in [-0.15, -0.1) is 0 Å². The van der Waals surface area contributed by atoms with Crippen LogP contribution in [0.2, 0.25) is 0 Å². The SMILES string of the molecule is CC.CC=C(C)C. The van der Waals surface area contributed by atoms with E-state index in [2.05, 4.69) is 19.9 Å². The zero-order valence-corrected chi connectivity index (χ0v) is 6.08. The third kappa shape index (κ3) is 26.5. The second-order valence-corrected chi connectivity index (χ2v) is 1.37. The van der Waals surface area contributed by atoms with E-state index in [4.69, 9.17) is 0 Å². The molecule has 0 radical (unpaired) electrons. The molecule has 0 aliphatic heterocycles. The Morgan fingerprint density at radius 1 is 1.14 bits per heavy atom. The molecule has 0 aromatic rings. The summed E-state index contributed by atoms with van der Waals surface area (Å²) in [6.07, 6.45) is 2.08. The van der Waals surface area contributed by atoms with Crippen LogP contribution in [-0.2, 0) is 0 Å². The van der Waals surface area contributed by atoms with Crippen molar-refractivity contribution in [3.8, 4) is 0 Å². The van der Waals surface area contributed by atoms with E-state index < -0.39 is 0 Å². The molecule has 0 aromatic carbocycles. The highest BCUT2D eigenvalue weighted by Crippen LogP contribution is 1.82. The molecule has 0 saturated carbocycles. The summed E-state index contributed by atoms with van der Waals surface area (Å²) in [6.45, 7) is 10.2. The maximum absolute atomic E-state index is 2.08. The van der Waals surface area contributed by atoms with Crippen LogP contribution in [0.4, 0.5) is 0 Å². The van der Waals surface area contributed by atoms with Crippen LogP contribution in [-0.4, -0.2) is 0 Å². The van der Waals surface area contributed by atoms with E-state index in [0.29, 0.717) is 0 Å². The molecule has 0 spiro atoms. The first kappa shape index (κ1) is 9.88. The Kier molecular flexibility index (Phi) is 13.0. The van der Waals surface area contributed by atoms with E-state index in [-0.39, 0.29) is 0 Å². The van der Waals surface area contributed by atoms with Crippen molar-refractivity contribution < 1.29 is 0 Å². The lowest BCUT2D eigenvalue weighted by atomic mass is 10.3. The molecule has 0 rings (SSSR count). The zero-order chi connectivity index (χ0) is 6.28. The highest BCUT2D eigenvalue weighted by molar-refractivity contribution is 4.88. The summed E-state index contributed by atoms with van der Waals surface area (Å²) in [4.78, 5) is 0. The summed E-state index contributed by atoms with van der Waals surface area (Å²) in [6, 6.07) is 0. The fourth-order valence-corrected chi connectivity index (χ4v) is 0. The van der Waals surface area contributed by atoms with Crippen LogP contribution < -0.4 is 0 Å². The van der Waals surface area contributed by atoms with Gasteiger partial charge in [0.2, 0.25) is 0 Å². The monoisotopic (exact) mass is 100 g/mol. The summed E-state index contributed by atoms with van der Waals surface area (Å²) >= 11 is 0. The fraction of sp³-hybridized carbons (Fsp3) is 0.714. The Labute approximate surface area is 47.2 Å². The molecule has 0 atom stereocenters. The second kappa shape index (κ2) is 9.22. The Morgan fingerprint density at radius 3 is 1.29 bits per heavy atom. The topological polar surface area (TPSA) is 0 Å². The number of rotatable bonds is 0. The van der Waals surface area contributed by atoms with Gasteiger partial charge in [-0.3, -0.25) is 0 Å². The van der Waals surface area contributed by atoms with Crippen LogP contribution in [0, 0.1) is 0 Å². The average molecular weight is 100 g/mol. The van der Waals surface area contributed by atoms with Crippen molar-refractivity contribution in [2.75, 3.05) is 0 Å². The summed E-state index contributed by atoms with van der Waals surface area (Å²) in [5.74, 6) is 0. The minimum Gasteiger partial charge on any atom is -0.0890 e.